The number of aromatic nitrogens is 2. The lowest BCUT2D eigenvalue weighted by molar-refractivity contribution is 1.08. The number of nitrogens with zero attached hydrogens (tertiary/aromatic N) is 2. The molecule has 4 nitrogen and oxygen atoms in total. The summed E-state index contributed by atoms with van der Waals surface area (Å²) in [5.74, 6) is 5.24. The molecule has 0 aliphatic heterocycles. The molecule has 1 aromatic heterocycles. The minimum atomic E-state index is 0. The second-order valence-corrected chi connectivity index (χ2v) is 3.85. The lowest BCUT2D eigenvalue weighted by Crippen LogP contribution is -2.05. The molecule has 2 aromatic rings. The Bertz CT molecular complexity index is 443. The topological polar surface area (TPSA) is 63.8 Å². The number of anilines is 1. The zero-order valence-electron chi connectivity index (χ0n) is 8.10. The number of hydrogen-bond donors (Lipinski definition) is 2. The molecule has 6 heteroatoms. The molecule has 80 valence electrons. The average molecular weight is 243 g/mol. The van der Waals surface area contributed by atoms with Gasteiger partial charge in [-0.1, -0.05) is 35.6 Å². The maximum Gasteiger partial charge on any atom is 0.220 e. The third kappa shape index (κ3) is 2.44. The van der Waals surface area contributed by atoms with E-state index in [1.807, 2.05) is 31.2 Å². The van der Waals surface area contributed by atoms with Gasteiger partial charge in [-0.05, 0) is 12.5 Å². The number of nitrogen functional groups attached to an aromatic ring is 1. The van der Waals surface area contributed by atoms with Crippen LogP contribution in [0.5, 0.6) is 0 Å². The van der Waals surface area contributed by atoms with Crippen LogP contribution in [0.15, 0.2) is 24.3 Å². The van der Waals surface area contributed by atoms with Crippen molar-refractivity contribution >= 4 is 28.9 Å². The Balaban J connectivity index is 0.00000112. The molecule has 0 atom stereocenters. The van der Waals surface area contributed by atoms with Crippen LogP contribution in [0, 0.1) is 6.92 Å². The van der Waals surface area contributed by atoms with Gasteiger partial charge in [0.2, 0.25) is 5.13 Å². The summed E-state index contributed by atoms with van der Waals surface area (Å²) >= 11 is 1.44. The molecular weight excluding hydrogens is 232 g/mol. The van der Waals surface area contributed by atoms with Crippen molar-refractivity contribution in [3.05, 3.63) is 29.8 Å². The predicted octanol–water partition coefficient (Wildman–Crippen LogP) is 2.22. The maximum absolute atomic E-state index is 5.24. The number of nitrogens with one attached hydrogen (secondary N) is 1. The minimum absolute atomic E-state index is 0. The first-order chi connectivity index (χ1) is 6.81. The summed E-state index contributed by atoms with van der Waals surface area (Å²) in [7, 11) is 0. The van der Waals surface area contributed by atoms with E-state index in [2.05, 4.69) is 15.6 Å². The summed E-state index contributed by atoms with van der Waals surface area (Å²) < 4.78 is 0. The van der Waals surface area contributed by atoms with Gasteiger partial charge in [-0.15, -0.1) is 22.6 Å². The molecular formula is C9H11ClN4S. The standard InChI is InChI=1S/C9H10N4S.ClH/c1-6-4-2-3-5-7(6)8-12-13-9(11-10)14-8;/h2-5H,10H2,1H3,(H,11,13);1H. The molecule has 0 amide bonds. The van der Waals surface area contributed by atoms with E-state index in [0.29, 0.717) is 5.13 Å². The van der Waals surface area contributed by atoms with Crippen LogP contribution in [0.3, 0.4) is 0 Å². The number of hydrogen-bond acceptors (Lipinski definition) is 5. The van der Waals surface area contributed by atoms with Crippen molar-refractivity contribution in [2.24, 2.45) is 5.84 Å². The second kappa shape index (κ2) is 5.06. The van der Waals surface area contributed by atoms with E-state index in [0.717, 1.165) is 10.6 Å². The molecule has 0 aliphatic rings. The Morgan fingerprint density at radius 1 is 1.27 bits per heavy atom. The Morgan fingerprint density at radius 3 is 2.60 bits per heavy atom. The summed E-state index contributed by atoms with van der Waals surface area (Å²) in [5, 5.41) is 9.44. The SMILES string of the molecule is Cc1ccccc1-c1nnc(NN)s1.Cl. The van der Waals surface area contributed by atoms with Crippen LogP contribution < -0.4 is 11.3 Å². The van der Waals surface area contributed by atoms with Crippen molar-refractivity contribution in [1.29, 1.82) is 0 Å². The van der Waals surface area contributed by atoms with Gasteiger partial charge in [-0.2, -0.15) is 0 Å². The van der Waals surface area contributed by atoms with E-state index < -0.39 is 0 Å². The highest BCUT2D eigenvalue weighted by atomic mass is 35.5. The fourth-order valence-electron chi connectivity index (χ4n) is 1.20. The van der Waals surface area contributed by atoms with Crippen molar-refractivity contribution in [3.63, 3.8) is 0 Å². The Labute approximate surface area is 97.9 Å². The zero-order chi connectivity index (χ0) is 9.97. The van der Waals surface area contributed by atoms with Gasteiger partial charge >= 0.3 is 0 Å². The van der Waals surface area contributed by atoms with Crippen LogP contribution in [0.4, 0.5) is 5.13 Å². The molecule has 0 saturated heterocycles. The summed E-state index contributed by atoms with van der Waals surface area (Å²) in [5.41, 5.74) is 4.77. The van der Waals surface area contributed by atoms with Crippen LogP contribution >= 0.6 is 23.7 Å². The molecule has 3 N–H and O–H groups in total. The highest BCUT2D eigenvalue weighted by molar-refractivity contribution is 7.18. The zero-order valence-corrected chi connectivity index (χ0v) is 9.73. The minimum Gasteiger partial charge on any atom is -0.298 e. The van der Waals surface area contributed by atoms with Gasteiger partial charge in [0.25, 0.3) is 0 Å². The van der Waals surface area contributed by atoms with Crippen molar-refractivity contribution in [1.82, 2.24) is 10.2 Å². The van der Waals surface area contributed by atoms with Crippen molar-refractivity contribution in [3.8, 4) is 10.6 Å². The summed E-state index contributed by atoms with van der Waals surface area (Å²) in [4.78, 5) is 0. The van der Waals surface area contributed by atoms with Crippen LogP contribution in [-0.2, 0) is 0 Å². The quantitative estimate of drug-likeness (QED) is 0.626. The molecule has 0 bridgehead atoms. The molecule has 2 rings (SSSR count). The van der Waals surface area contributed by atoms with Crippen molar-refractivity contribution in [2.45, 2.75) is 6.92 Å². The molecule has 15 heavy (non-hydrogen) atoms. The monoisotopic (exact) mass is 242 g/mol. The number of halogens is 1. The van der Waals surface area contributed by atoms with Crippen LogP contribution in [0.25, 0.3) is 10.6 Å². The molecule has 1 aromatic carbocycles. The smallest absolute Gasteiger partial charge is 0.220 e. The van der Waals surface area contributed by atoms with Gasteiger partial charge < -0.3 is 0 Å². The lowest BCUT2D eigenvalue weighted by Gasteiger charge is -1.98. The Hall–Kier alpha value is -1.17. The fourth-order valence-corrected chi connectivity index (χ4v) is 1.95. The van der Waals surface area contributed by atoms with Crippen molar-refractivity contribution in [2.75, 3.05) is 5.43 Å². The highest BCUT2D eigenvalue weighted by Gasteiger charge is 2.06. The van der Waals surface area contributed by atoms with Gasteiger partial charge in [-0.25, -0.2) is 5.84 Å². The molecule has 0 aliphatic carbocycles. The first kappa shape index (κ1) is 11.9. The summed E-state index contributed by atoms with van der Waals surface area (Å²) in [6.45, 7) is 2.05. The van der Waals surface area contributed by atoms with E-state index in [4.69, 9.17) is 5.84 Å². The normalized spacial score (nSPS) is 9.47. The Morgan fingerprint density at radius 2 is 2.00 bits per heavy atom. The first-order valence-corrected chi connectivity index (χ1v) is 4.99. The molecule has 0 radical (unpaired) electrons. The summed E-state index contributed by atoms with van der Waals surface area (Å²) in [6.07, 6.45) is 0. The highest BCUT2D eigenvalue weighted by Crippen LogP contribution is 2.27. The molecule has 0 saturated carbocycles. The second-order valence-electron chi connectivity index (χ2n) is 2.87. The van der Waals surface area contributed by atoms with Gasteiger partial charge in [0.1, 0.15) is 5.01 Å². The lowest BCUT2D eigenvalue weighted by atomic mass is 10.1. The molecule has 0 fully saturated rings. The number of nitrogens with two attached hydrogens (primary N) is 1. The maximum atomic E-state index is 5.24. The Kier molecular flexibility index (Phi) is 4.02. The number of aryl methyl sites for hydroxylation is 1. The predicted molar refractivity (Wildman–Crippen MR) is 65.1 cm³/mol. The number of rotatable bonds is 2. The first-order valence-electron chi connectivity index (χ1n) is 4.17. The average Bonchev–Trinajstić information content (AvgIpc) is 2.67. The third-order valence-corrected chi connectivity index (χ3v) is 2.81. The molecule has 0 spiro atoms. The van der Waals surface area contributed by atoms with Crippen molar-refractivity contribution < 1.29 is 0 Å². The molecule has 1 heterocycles. The number of hydrazine groups is 1. The van der Waals surface area contributed by atoms with Crippen LogP contribution in [-0.4, -0.2) is 10.2 Å². The van der Waals surface area contributed by atoms with Gasteiger partial charge in [0, 0.05) is 5.56 Å². The van der Waals surface area contributed by atoms with E-state index in [-0.39, 0.29) is 12.4 Å². The van der Waals surface area contributed by atoms with Crippen LogP contribution in [0.1, 0.15) is 5.56 Å². The van der Waals surface area contributed by atoms with E-state index >= 15 is 0 Å². The number of benzene rings is 1. The summed E-state index contributed by atoms with van der Waals surface area (Å²) in [6, 6.07) is 8.06. The van der Waals surface area contributed by atoms with E-state index in [1.54, 1.807) is 0 Å². The fraction of sp³-hybridized carbons (Fsp3) is 0.111. The molecule has 0 unspecified atom stereocenters. The van der Waals surface area contributed by atoms with Gasteiger partial charge in [0.15, 0.2) is 0 Å². The van der Waals surface area contributed by atoms with Crippen LogP contribution in [0.2, 0.25) is 0 Å². The largest absolute Gasteiger partial charge is 0.298 e. The third-order valence-electron chi connectivity index (χ3n) is 1.92. The van der Waals surface area contributed by atoms with E-state index in [1.165, 1.54) is 16.9 Å². The van der Waals surface area contributed by atoms with Gasteiger partial charge in [0.05, 0.1) is 0 Å². The van der Waals surface area contributed by atoms with E-state index in [9.17, 15) is 0 Å². The van der Waals surface area contributed by atoms with Gasteiger partial charge in [-0.3, -0.25) is 5.43 Å².